The van der Waals surface area contributed by atoms with Crippen molar-refractivity contribution in [3.8, 4) is 10.4 Å². The van der Waals surface area contributed by atoms with E-state index in [1.807, 2.05) is 11.8 Å². The summed E-state index contributed by atoms with van der Waals surface area (Å²) >= 11 is 7.28. The zero-order chi connectivity index (χ0) is 18.7. The van der Waals surface area contributed by atoms with E-state index in [1.54, 1.807) is 11.3 Å². The van der Waals surface area contributed by atoms with E-state index in [-0.39, 0.29) is 6.41 Å². The molecule has 0 atom stereocenters. The maximum Gasteiger partial charge on any atom is 0.230 e. The summed E-state index contributed by atoms with van der Waals surface area (Å²) in [5, 5.41) is 7.26. The van der Waals surface area contributed by atoms with Crippen LogP contribution in [0.2, 0.25) is 0 Å². The molecule has 1 heterocycles. The van der Waals surface area contributed by atoms with Crippen molar-refractivity contribution in [3.05, 3.63) is 45.7 Å². The maximum absolute atomic E-state index is 8.81. The summed E-state index contributed by atoms with van der Waals surface area (Å²) in [4.78, 5) is 10.1. The summed E-state index contributed by atoms with van der Waals surface area (Å²) in [5.41, 5.74) is 4.02. The molecule has 0 aliphatic carbocycles. The van der Waals surface area contributed by atoms with Crippen LogP contribution in [0.1, 0.15) is 38.7 Å². The number of hydrogen-bond donors (Lipinski definition) is 2. The first-order chi connectivity index (χ1) is 11.9. The van der Waals surface area contributed by atoms with E-state index in [2.05, 4.69) is 72.4 Å². The number of aryl methyl sites for hydroxylation is 1. The first kappa shape index (κ1) is 22.2. The lowest BCUT2D eigenvalue weighted by Crippen LogP contribution is -2.13. The van der Waals surface area contributed by atoms with Gasteiger partial charge < -0.3 is 0 Å². The predicted octanol–water partition coefficient (Wildman–Crippen LogP) is 6.15. The number of rotatable bonds is 8. The van der Waals surface area contributed by atoms with E-state index in [0.717, 1.165) is 0 Å². The molecule has 0 unspecified atom stereocenters. The average molecular weight is 444 g/mol. The van der Waals surface area contributed by atoms with Crippen LogP contribution < -0.4 is 5.48 Å². The highest BCUT2D eigenvalue weighted by atomic mass is 79.9. The molecule has 1 amide bonds. The highest BCUT2D eigenvalue weighted by Gasteiger charge is 2.14. The third-order valence-corrected chi connectivity index (χ3v) is 6.89. The Balaban J connectivity index is 0.000000705. The SMILES string of the molecule is CSC(C)(C)CCCCc1ccc(-c2ccc(Br)s2)cc1.O=CNO. The fraction of sp³-hybridized carbons (Fsp3) is 0.421. The standard InChI is InChI=1S/C18H23BrS2.CH3NO2/c1-18(2,20-3)13-5-4-6-14-7-9-15(10-8-14)16-11-12-17(19)21-16;3-1-2-4/h7-12H,4-6,13H2,1-3H3;1,4H,(H,2,3). The Hall–Kier alpha value is -0.820. The number of unbranched alkanes of at least 4 members (excludes halogenated alkanes) is 1. The third kappa shape index (κ3) is 8.90. The van der Waals surface area contributed by atoms with Crippen LogP contribution in [-0.4, -0.2) is 22.6 Å². The Kier molecular flexibility index (Phi) is 10.4. The minimum absolute atomic E-state index is 0.181. The predicted molar refractivity (Wildman–Crippen MR) is 114 cm³/mol. The van der Waals surface area contributed by atoms with Crippen molar-refractivity contribution in [2.24, 2.45) is 0 Å². The van der Waals surface area contributed by atoms with Gasteiger partial charge in [-0.1, -0.05) is 44.5 Å². The van der Waals surface area contributed by atoms with Crippen LogP contribution in [0.25, 0.3) is 10.4 Å². The molecule has 0 saturated carbocycles. The number of benzene rings is 1. The molecule has 138 valence electrons. The van der Waals surface area contributed by atoms with Crippen LogP contribution in [0.3, 0.4) is 0 Å². The van der Waals surface area contributed by atoms with Gasteiger partial charge in [-0.05, 0) is 64.7 Å². The van der Waals surface area contributed by atoms with Crippen LogP contribution in [0, 0.1) is 0 Å². The lowest BCUT2D eigenvalue weighted by molar-refractivity contribution is -0.116. The van der Waals surface area contributed by atoms with E-state index in [9.17, 15) is 0 Å². The summed E-state index contributed by atoms with van der Waals surface area (Å²) in [5.74, 6) is 0. The van der Waals surface area contributed by atoms with Gasteiger partial charge in [-0.15, -0.1) is 11.3 Å². The topological polar surface area (TPSA) is 49.3 Å². The van der Waals surface area contributed by atoms with Crippen LogP contribution >= 0.6 is 39.0 Å². The summed E-state index contributed by atoms with van der Waals surface area (Å²) in [6.45, 7) is 4.68. The van der Waals surface area contributed by atoms with E-state index in [0.29, 0.717) is 4.75 Å². The summed E-state index contributed by atoms with van der Waals surface area (Å²) < 4.78 is 1.62. The zero-order valence-corrected chi connectivity index (χ0v) is 18.1. The zero-order valence-electron chi connectivity index (χ0n) is 14.9. The Labute approximate surface area is 167 Å². The van der Waals surface area contributed by atoms with Crippen LogP contribution in [0.15, 0.2) is 40.2 Å². The van der Waals surface area contributed by atoms with Gasteiger partial charge in [-0.25, -0.2) is 5.48 Å². The lowest BCUT2D eigenvalue weighted by atomic mass is 10.0. The van der Waals surface area contributed by atoms with Gasteiger partial charge in [0.1, 0.15) is 0 Å². The number of amides is 1. The average Bonchev–Trinajstić information content (AvgIpc) is 3.06. The van der Waals surface area contributed by atoms with Crippen molar-refractivity contribution < 1.29 is 10.0 Å². The molecule has 1 aromatic heterocycles. The molecule has 25 heavy (non-hydrogen) atoms. The smallest absolute Gasteiger partial charge is 0.230 e. The Bertz CT molecular complexity index is 627. The molecule has 2 rings (SSSR count). The molecule has 0 aliphatic heterocycles. The maximum atomic E-state index is 8.81. The molecule has 0 saturated heterocycles. The summed E-state index contributed by atoms with van der Waals surface area (Å²) in [7, 11) is 0. The second-order valence-electron chi connectivity index (χ2n) is 6.22. The normalized spacial score (nSPS) is 10.8. The largest absolute Gasteiger partial charge is 0.289 e. The van der Waals surface area contributed by atoms with Crippen molar-refractivity contribution >= 4 is 45.4 Å². The van der Waals surface area contributed by atoms with Gasteiger partial charge in [0.15, 0.2) is 0 Å². The molecular weight excluding hydrogens is 418 g/mol. The van der Waals surface area contributed by atoms with E-state index in [4.69, 9.17) is 10.0 Å². The van der Waals surface area contributed by atoms with Gasteiger partial charge in [0, 0.05) is 9.62 Å². The Morgan fingerprint density at radius 3 is 2.32 bits per heavy atom. The highest BCUT2D eigenvalue weighted by Crippen LogP contribution is 2.31. The van der Waals surface area contributed by atoms with Crippen LogP contribution in [0.5, 0.6) is 0 Å². The number of nitrogens with one attached hydrogen (secondary N) is 1. The Morgan fingerprint density at radius 2 is 1.84 bits per heavy atom. The van der Waals surface area contributed by atoms with Crippen molar-refractivity contribution in [1.29, 1.82) is 0 Å². The van der Waals surface area contributed by atoms with Crippen molar-refractivity contribution in [2.75, 3.05) is 6.26 Å². The first-order valence-corrected chi connectivity index (χ1v) is 11.0. The lowest BCUT2D eigenvalue weighted by Gasteiger charge is -2.21. The van der Waals surface area contributed by atoms with E-state index >= 15 is 0 Å². The highest BCUT2D eigenvalue weighted by molar-refractivity contribution is 9.11. The second kappa shape index (κ2) is 11.7. The summed E-state index contributed by atoms with van der Waals surface area (Å²) in [6.07, 6.45) is 7.48. The molecule has 0 bridgehead atoms. The Morgan fingerprint density at radius 1 is 1.20 bits per heavy atom. The molecule has 0 spiro atoms. The minimum Gasteiger partial charge on any atom is -0.289 e. The third-order valence-electron chi connectivity index (χ3n) is 3.91. The molecule has 1 aromatic carbocycles. The number of carbonyl (C=O) groups is 1. The number of hydrogen-bond acceptors (Lipinski definition) is 4. The van der Waals surface area contributed by atoms with Gasteiger partial charge >= 0.3 is 0 Å². The van der Waals surface area contributed by atoms with Gasteiger partial charge in [-0.2, -0.15) is 11.8 Å². The molecule has 2 N–H and O–H groups in total. The first-order valence-electron chi connectivity index (χ1n) is 8.15. The number of halogens is 1. The van der Waals surface area contributed by atoms with Crippen LogP contribution in [0.4, 0.5) is 0 Å². The molecule has 0 fully saturated rings. The summed E-state index contributed by atoms with van der Waals surface area (Å²) in [6, 6.07) is 13.3. The minimum atomic E-state index is 0.181. The molecule has 2 aromatic rings. The van der Waals surface area contributed by atoms with Gasteiger partial charge in [0.05, 0.1) is 3.79 Å². The number of carbonyl (C=O) groups excluding carboxylic acids is 1. The number of thiophene rings is 1. The molecular formula is C19H26BrNO2S2. The molecule has 3 nitrogen and oxygen atoms in total. The van der Waals surface area contributed by atoms with Gasteiger partial charge in [0.2, 0.25) is 6.41 Å². The fourth-order valence-corrected chi connectivity index (χ4v) is 4.03. The molecule has 0 radical (unpaired) electrons. The second-order valence-corrected chi connectivity index (χ2v) is 10.2. The van der Waals surface area contributed by atoms with Crippen molar-refractivity contribution in [3.63, 3.8) is 0 Å². The number of thioether (sulfide) groups is 1. The van der Waals surface area contributed by atoms with Crippen molar-refractivity contribution in [2.45, 2.75) is 44.3 Å². The number of hydroxylamine groups is 1. The van der Waals surface area contributed by atoms with E-state index < -0.39 is 0 Å². The van der Waals surface area contributed by atoms with Gasteiger partial charge in [0.25, 0.3) is 0 Å². The fourth-order valence-electron chi connectivity index (χ4n) is 2.29. The molecule has 0 aliphatic rings. The van der Waals surface area contributed by atoms with Gasteiger partial charge in [-0.3, -0.25) is 10.0 Å². The molecule has 6 heteroatoms. The quantitative estimate of drug-likeness (QED) is 0.222. The van der Waals surface area contributed by atoms with E-state index in [1.165, 1.54) is 51.0 Å². The monoisotopic (exact) mass is 443 g/mol. The van der Waals surface area contributed by atoms with Crippen LogP contribution in [-0.2, 0) is 11.2 Å². The van der Waals surface area contributed by atoms with Crippen molar-refractivity contribution in [1.82, 2.24) is 5.48 Å².